The van der Waals surface area contributed by atoms with Gasteiger partial charge in [0, 0.05) is 18.6 Å². The van der Waals surface area contributed by atoms with Crippen LogP contribution in [0.3, 0.4) is 0 Å². The molecule has 0 radical (unpaired) electrons. The second kappa shape index (κ2) is 4.42. The fourth-order valence-corrected chi connectivity index (χ4v) is 2.57. The molecule has 1 atom stereocenters. The van der Waals surface area contributed by atoms with Crippen LogP contribution in [0.1, 0.15) is 46.0 Å². The molecule has 1 unspecified atom stereocenters. The van der Waals surface area contributed by atoms with Gasteiger partial charge in [-0.3, -0.25) is 0 Å². The average Bonchev–Trinajstić information content (AvgIpc) is 3.00. The quantitative estimate of drug-likeness (QED) is 0.698. The Morgan fingerprint density at radius 1 is 1.27 bits per heavy atom. The largest absolute Gasteiger partial charge is 0.324 e. The Kier molecular flexibility index (Phi) is 3.36. The van der Waals surface area contributed by atoms with E-state index in [0.29, 0.717) is 0 Å². The van der Waals surface area contributed by atoms with Crippen molar-refractivity contribution >= 4 is 0 Å². The molecule has 0 amide bonds. The van der Waals surface area contributed by atoms with Crippen LogP contribution in [0.15, 0.2) is 0 Å². The van der Waals surface area contributed by atoms with Gasteiger partial charge < -0.3 is 10.6 Å². The minimum Gasteiger partial charge on any atom is -0.324 e. The smallest absolute Gasteiger partial charge is 0.0283 e. The molecular formula is C13H26N2. The van der Waals surface area contributed by atoms with E-state index in [1.165, 1.54) is 45.2 Å². The predicted molar refractivity (Wildman–Crippen MR) is 64.8 cm³/mol. The highest BCUT2D eigenvalue weighted by atomic mass is 15.2. The lowest BCUT2D eigenvalue weighted by Crippen LogP contribution is -2.50. The Labute approximate surface area is 94.2 Å². The van der Waals surface area contributed by atoms with Gasteiger partial charge in [0.15, 0.2) is 0 Å². The van der Waals surface area contributed by atoms with Gasteiger partial charge in [0.2, 0.25) is 0 Å². The summed E-state index contributed by atoms with van der Waals surface area (Å²) in [6.45, 7) is 8.16. The van der Waals surface area contributed by atoms with Crippen molar-refractivity contribution in [1.29, 1.82) is 0 Å². The first-order chi connectivity index (χ1) is 7.12. The van der Waals surface area contributed by atoms with Gasteiger partial charge in [-0.25, -0.2) is 0 Å². The SMILES string of the molecule is CCCN(CC1CC1)CC(C)(N)C1CC1. The first-order valence-corrected chi connectivity index (χ1v) is 6.63. The molecule has 0 bridgehead atoms. The molecule has 2 fully saturated rings. The molecule has 0 aromatic rings. The van der Waals surface area contributed by atoms with Crippen LogP contribution in [0.5, 0.6) is 0 Å². The van der Waals surface area contributed by atoms with E-state index < -0.39 is 0 Å². The summed E-state index contributed by atoms with van der Waals surface area (Å²) in [5.74, 6) is 1.79. The van der Waals surface area contributed by atoms with Crippen molar-refractivity contribution in [3.05, 3.63) is 0 Å². The highest BCUT2D eigenvalue weighted by molar-refractivity contribution is 4.97. The topological polar surface area (TPSA) is 29.3 Å². The van der Waals surface area contributed by atoms with Crippen molar-refractivity contribution in [2.45, 2.75) is 51.5 Å². The van der Waals surface area contributed by atoms with Crippen LogP contribution < -0.4 is 5.73 Å². The highest BCUT2D eigenvalue weighted by Gasteiger charge is 2.39. The van der Waals surface area contributed by atoms with Gasteiger partial charge in [-0.2, -0.15) is 0 Å². The Morgan fingerprint density at radius 3 is 2.40 bits per heavy atom. The summed E-state index contributed by atoms with van der Waals surface area (Å²) in [6.07, 6.45) is 6.87. The normalized spacial score (nSPS) is 25.6. The van der Waals surface area contributed by atoms with Gasteiger partial charge in [0.25, 0.3) is 0 Å². The number of hydrogen-bond donors (Lipinski definition) is 1. The molecule has 2 N–H and O–H groups in total. The lowest BCUT2D eigenvalue weighted by atomic mass is 9.96. The predicted octanol–water partition coefficient (Wildman–Crippen LogP) is 2.24. The summed E-state index contributed by atoms with van der Waals surface area (Å²) in [5.41, 5.74) is 6.48. The van der Waals surface area contributed by atoms with E-state index in [4.69, 9.17) is 5.73 Å². The zero-order valence-electron chi connectivity index (χ0n) is 10.3. The first-order valence-electron chi connectivity index (χ1n) is 6.63. The van der Waals surface area contributed by atoms with Gasteiger partial charge in [-0.15, -0.1) is 0 Å². The van der Waals surface area contributed by atoms with Crippen molar-refractivity contribution < 1.29 is 0 Å². The lowest BCUT2D eigenvalue weighted by molar-refractivity contribution is 0.195. The van der Waals surface area contributed by atoms with E-state index >= 15 is 0 Å². The van der Waals surface area contributed by atoms with Gasteiger partial charge in [0.1, 0.15) is 0 Å². The van der Waals surface area contributed by atoms with Crippen LogP contribution in [0.4, 0.5) is 0 Å². The molecule has 88 valence electrons. The van der Waals surface area contributed by atoms with E-state index in [-0.39, 0.29) is 5.54 Å². The molecule has 15 heavy (non-hydrogen) atoms. The molecule has 2 nitrogen and oxygen atoms in total. The molecule has 2 heteroatoms. The van der Waals surface area contributed by atoms with Gasteiger partial charge >= 0.3 is 0 Å². The van der Waals surface area contributed by atoms with E-state index in [2.05, 4.69) is 18.7 Å². The van der Waals surface area contributed by atoms with Gasteiger partial charge in [-0.1, -0.05) is 6.92 Å². The van der Waals surface area contributed by atoms with Crippen LogP contribution >= 0.6 is 0 Å². The zero-order valence-corrected chi connectivity index (χ0v) is 10.3. The lowest BCUT2D eigenvalue weighted by Gasteiger charge is -2.32. The Hall–Kier alpha value is -0.0800. The van der Waals surface area contributed by atoms with Crippen LogP contribution in [0.2, 0.25) is 0 Å². The van der Waals surface area contributed by atoms with Crippen molar-refractivity contribution in [2.24, 2.45) is 17.6 Å². The van der Waals surface area contributed by atoms with Crippen LogP contribution in [-0.4, -0.2) is 30.1 Å². The molecule has 0 saturated heterocycles. The maximum absolute atomic E-state index is 6.41. The minimum atomic E-state index is 0.0735. The fraction of sp³-hybridized carbons (Fsp3) is 1.00. The van der Waals surface area contributed by atoms with Gasteiger partial charge in [0.05, 0.1) is 0 Å². The van der Waals surface area contributed by atoms with Crippen LogP contribution in [0.25, 0.3) is 0 Å². The second-order valence-corrected chi connectivity index (χ2v) is 5.96. The van der Waals surface area contributed by atoms with E-state index in [0.717, 1.165) is 18.4 Å². The summed E-state index contributed by atoms with van der Waals surface area (Å²) in [6, 6.07) is 0. The molecule has 0 heterocycles. The minimum absolute atomic E-state index is 0.0735. The molecule has 2 aliphatic rings. The zero-order chi connectivity index (χ0) is 10.9. The molecule has 0 aliphatic heterocycles. The standard InChI is InChI=1S/C13H26N2/c1-3-8-15(9-11-4-5-11)10-13(2,14)12-6-7-12/h11-12H,3-10,14H2,1-2H3. The first kappa shape index (κ1) is 11.4. The van der Waals surface area contributed by atoms with Crippen molar-refractivity contribution in [2.75, 3.05) is 19.6 Å². The summed E-state index contributed by atoms with van der Waals surface area (Å²) in [5, 5.41) is 0. The third kappa shape index (κ3) is 3.46. The maximum Gasteiger partial charge on any atom is 0.0283 e. The molecular weight excluding hydrogens is 184 g/mol. The second-order valence-electron chi connectivity index (χ2n) is 5.96. The summed E-state index contributed by atoms with van der Waals surface area (Å²) in [7, 11) is 0. The Bertz CT molecular complexity index is 205. The molecule has 0 aromatic heterocycles. The number of rotatable bonds is 7. The number of nitrogens with zero attached hydrogens (tertiary/aromatic N) is 1. The van der Waals surface area contributed by atoms with E-state index in [1.54, 1.807) is 0 Å². The third-order valence-corrected chi connectivity index (χ3v) is 3.83. The summed E-state index contributed by atoms with van der Waals surface area (Å²) < 4.78 is 0. The summed E-state index contributed by atoms with van der Waals surface area (Å²) >= 11 is 0. The highest BCUT2D eigenvalue weighted by Crippen LogP contribution is 2.39. The number of nitrogens with two attached hydrogens (primary N) is 1. The molecule has 2 rings (SSSR count). The molecule has 2 saturated carbocycles. The maximum atomic E-state index is 6.41. The monoisotopic (exact) mass is 210 g/mol. The average molecular weight is 210 g/mol. The fourth-order valence-electron chi connectivity index (χ4n) is 2.57. The van der Waals surface area contributed by atoms with Crippen molar-refractivity contribution in [1.82, 2.24) is 4.90 Å². The summed E-state index contributed by atoms with van der Waals surface area (Å²) in [4.78, 5) is 2.61. The Balaban J connectivity index is 1.80. The van der Waals surface area contributed by atoms with Crippen LogP contribution in [-0.2, 0) is 0 Å². The van der Waals surface area contributed by atoms with Gasteiger partial charge in [-0.05, 0) is 57.4 Å². The molecule has 0 aromatic carbocycles. The van der Waals surface area contributed by atoms with E-state index in [1.807, 2.05) is 0 Å². The molecule has 0 spiro atoms. The van der Waals surface area contributed by atoms with Crippen LogP contribution in [0, 0.1) is 11.8 Å². The van der Waals surface area contributed by atoms with E-state index in [9.17, 15) is 0 Å². The third-order valence-electron chi connectivity index (χ3n) is 3.83. The van der Waals surface area contributed by atoms with Crippen molar-refractivity contribution in [3.8, 4) is 0 Å². The van der Waals surface area contributed by atoms with Crippen molar-refractivity contribution in [3.63, 3.8) is 0 Å². The molecule has 2 aliphatic carbocycles. The Morgan fingerprint density at radius 2 is 1.93 bits per heavy atom. The number of hydrogen-bond acceptors (Lipinski definition) is 2.